The minimum atomic E-state index is 0. The Balaban J connectivity index is 0. The van der Waals surface area contributed by atoms with Crippen LogP contribution in [0.3, 0.4) is 0 Å². The van der Waals surface area contributed by atoms with E-state index < -0.39 is 0 Å². The van der Waals surface area contributed by atoms with E-state index in [4.69, 9.17) is 0 Å². The first-order valence-corrected chi connectivity index (χ1v) is 2.89. The van der Waals surface area contributed by atoms with Gasteiger partial charge in [0.05, 0.1) is 0 Å². The van der Waals surface area contributed by atoms with Gasteiger partial charge < -0.3 is 5.32 Å². The predicted molar refractivity (Wildman–Crippen MR) is 40.6 cm³/mol. The Kier molecular flexibility index (Phi) is 8.92. The molecule has 0 spiro atoms. The first-order valence-electron chi connectivity index (χ1n) is 2.89. The number of nitrogens with one attached hydrogen (secondary N) is 1. The molecule has 0 aromatic rings. The molecule has 0 fully saturated rings. The molecule has 0 rings (SSSR count). The summed E-state index contributed by atoms with van der Waals surface area (Å²) >= 11 is 0. The third-order valence-corrected chi connectivity index (χ3v) is 0.667. The van der Waals surface area contributed by atoms with Gasteiger partial charge in [-0.05, 0) is 0 Å². The molecule has 0 aliphatic rings. The molecule has 0 saturated carbocycles. The summed E-state index contributed by atoms with van der Waals surface area (Å²) in [6.45, 7) is 8.61. The van der Waals surface area contributed by atoms with Crippen LogP contribution in [0.15, 0.2) is 0 Å². The van der Waals surface area contributed by atoms with Crippen molar-refractivity contribution in [3.8, 4) is 0 Å². The van der Waals surface area contributed by atoms with Crippen molar-refractivity contribution >= 4 is 29.6 Å². The van der Waals surface area contributed by atoms with Crippen molar-refractivity contribution in [2.45, 2.75) is 39.8 Å². The van der Waals surface area contributed by atoms with Crippen LogP contribution < -0.4 is 5.32 Å². The maximum atomic E-state index is 3.31. The van der Waals surface area contributed by atoms with E-state index >= 15 is 0 Å². The summed E-state index contributed by atoms with van der Waals surface area (Å²) in [5.74, 6) is 0. The van der Waals surface area contributed by atoms with Crippen LogP contribution >= 0.6 is 0 Å². The molecule has 0 amide bonds. The van der Waals surface area contributed by atoms with Crippen LogP contribution in [-0.4, -0.2) is 41.6 Å². The van der Waals surface area contributed by atoms with E-state index in [-0.39, 0.29) is 29.6 Å². The summed E-state index contributed by atoms with van der Waals surface area (Å²) in [5, 5.41) is 3.31. The standard InChI is InChI=1S/C6H15N.Na.H/c1-5(2)7-6(3)4;;/h5-7H,1-4H3;;. The van der Waals surface area contributed by atoms with Crippen molar-refractivity contribution in [2.75, 3.05) is 0 Å². The van der Waals surface area contributed by atoms with Crippen molar-refractivity contribution < 1.29 is 0 Å². The SMILES string of the molecule is CC(C)NC(C)C.[NaH]. The minimum absolute atomic E-state index is 0. The van der Waals surface area contributed by atoms with Gasteiger partial charge in [-0.2, -0.15) is 0 Å². The second-order valence-corrected chi connectivity index (χ2v) is 2.48. The molecule has 0 aromatic carbocycles. The van der Waals surface area contributed by atoms with E-state index in [9.17, 15) is 0 Å². The average molecular weight is 125 g/mol. The second-order valence-electron chi connectivity index (χ2n) is 2.48. The van der Waals surface area contributed by atoms with Gasteiger partial charge in [-0.1, -0.05) is 27.7 Å². The van der Waals surface area contributed by atoms with Gasteiger partial charge in [0, 0.05) is 12.1 Å². The third kappa shape index (κ3) is 10.0. The van der Waals surface area contributed by atoms with Crippen LogP contribution in [0, 0.1) is 0 Å². The summed E-state index contributed by atoms with van der Waals surface area (Å²) in [6, 6.07) is 1.25. The van der Waals surface area contributed by atoms with Crippen molar-refractivity contribution in [1.82, 2.24) is 5.32 Å². The van der Waals surface area contributed by atoms with Gasteiger partial charge in [0.1, 0.15) is 0 Å². The topological polar surface area (TPSA) is 12.0 Å². The zero-order chi connectivity index (χ0) is 5.86. The summed E-state index contributed by atoms with van der Waals surface area (Å²) in [4.78, 5) is 0. The Morgan fingerprint density at radius 1 is 0.875 bits per heavy atom. The Hall–Kier alpha value is 0.960. The van der Waals surface area contributed by atoms with E-state index in [2.05, 4.69) is 33.0 Å². The molecule has 0 atom stereocenters. The number of rotatable bonds is 2. The van der Waals surface area contributed by atoms with E-state index in [0.29, 0.717) is 12.1 Å². The monoisotopic (exact) mass is 125 g/mol. The van der Waals surface area contributed by atoms with Crippen molar-refractivity contribution in [3.05, 3.63) is 0 Å². The zero-order valence-corrected chi connectivity index (χ0v) is 5.65. The second kappa shape index (κ2) is 6.09. The van der Waals surface area contributed by atoms with Gasteiger partial charge in [-0.25, -0.2) is 0 Å². The fourth-order valence-corrected chi connectivity index (χ4v) is 0.667. The van der Waals surface area contributed by atoms with Gasteiger partial charge in [0.2, 0.25) is 0 Å². The van der Waals surface area contributed by atoms with E-state index in [1.807, 2.05) is 0 Å². The third-order valence-electron chi connectivity index (χ3n) is 0.667. The molecule has 0 radical (unpaired) electrons. The molecule has 0 saturated heterocycles. The van der Waals surface area contributed by atoms with Crippen LogP contribution in [0.1, 0.15) is 27.7 Å². The van der Waals surface area contributed by atoms with Gasteiger partial charge in [-0.3, -0.25) is 0 Å². The van der Waals surface area contributed by atoms with Crippen molar-refractivity contribution in [2.24, 2.45) is 0 Å². The predicted octanol–water partition coefficient (Wildman–Crippen LogP) is 0.744. The summed E-state index contributed by atoms with van der Waals surface area (Å²) in [7, 11) is 0. The molecule has 0 heterocycles. The zero-order valence-electron chi connectivity index (χ0n) is 5.65. The molecular formula is C6H16NNa. The maximum absolute atomic E-state index is 3.31. The first-order chi connectivity index (χ1) is 3.13. The molecule has 0 bridgehead atoms. The van der Waals surface area contributed by atoms with Crippen LogP contribution in [-0.2, 0) is 0 Å². The number of hydrogen-bond donors (Lipinski definition) is 1. The van der Waals surface area contributed by atoms with Crippen LogP contribution in [0.2, 0.25) is 0 Å². The Morgan fingerprint density at radius 3 is 1.12 bits per heavy atom. The molecule has 0 aliphatic heterocycles. The van der Waals surface area contributed by atoms with Crippen LogP contribution in [0.4, 0.5) is 0 Å². The molecule has 1 nitrogen and oxygen atoms in total. The molecule has 46 valence electrons. The van der Waals surface area contributed by atoms with Crippen LogP contribution in [0.5, 0.6) is 0 Å². The van der Waals surface area contributed by atoms with Gasteiger partial charge >= 0.3 is 29.6 Å². The van der Waals surface area contributed by atoms with Crippen molar-refractivity contribution in [3.63, 3.8) is 0 Å². The van der Waals surface area contributed by atoms with Crippen molar-refractivity contribution in [1.29, 1.82) is 0 Å². The summed E-state index contributed by atoms with van der Waals surface area (Å²) in [5.41, 5.74) is 0. The Morgan fingerprint density at radius 2 is 1.12 bits per heavy atom. The quantitative estimate of drug-likeness (QED) is 0.537. The molecule has 8 heavy (non-hydrogen) atoms. The Labute approximate surface area is 74.5 Å². The molecule has 2 heteroatoms. The molecular weight excluding hydrogens is 109 g/mol. The fourth-order valence-electron chi connectivity index (χ4n) is 0.667. The normalized spacial score (nSPS) is 9.75. The summed E-state index contributed by atoms with van der Waals surface area (Å²) < 4.78 is 0. The van der Waals surface area contributed by atoms with Gasteiger partial charge in [-0.15, -0.1) is 0 Å². The van der Waals surface area contributed by atoms with E-state index in [1.165, 1.54) is 0 Å². The number of hydrogen-bond acceptors (Lipinski definition) is 1. The Bertz CT molecular complexity index is 37.8. The molecule has 0 unspecified atom stereocenters. The first kappa shape index (κ1) is 11.7. The van der Waals surface area contributed by atoms with Gasteiger partial charge in [0.25, 0.3) is 0 Å². The fraction of sp³-hybridized carbons (Fsp3) is 1.00. The van der Waals surface area contributed by atoms with Crippen LogP contribution in [0.25, 0.3) is 0 Å². The average Bonchev–Trinajstić information content (AvgIpc) is 1.27. The molecule has 0 aliphatic carbocycles. The molecule has 0 aromatic heterocycles. The van der Waals surface area contributed by atoms with E-state index in [1.54, 1.807) is 0 Å². The van der Waals surface area contributed by atoms with E-state index in [0.717, 1.165) is 0 Å². The van der Waals surface area contributed by atoms with Gasteiger partial charge in [0.15, 0.2) is 0 Å². The molecule has 1 N–H and O–H groups in total. The summed E-state index contributed by atoms with van der Waals surface area (Å²) in [6.07, 6.45) is 0.